The van der Waals surface area contributed by atoms with E-state index in [4.69, 9.17) is 4.74 Å². The summed E-state index contributed by atoms with van der Waals surface area (Å²) in [7, 11) is 0. The van der Waals surface area contributed by atoms with Gasteiger partial charge in [0.05, 0.1) is 10.9 Å². The molecule has 0 saturated carbocycles. The number of fused-ring (bicyclic) bond motifs is 1. The Kier molecular flexibility index (Phi) is 3.69. The van der Waals surface area contributed by atoms with Crippen molar-refractivity contribution in [2.45, 2.75) is 12.8 Å². The second-order valence-electron chi connectivity index (χ2n) is 6.30. The first-order chi connectivity index (χ1) is 11.2. The molecule has 0 unspecified atom stereocenters. The van der Waals surface area contributed by atoms with Crippen LogP contribution in [0.15, 0.2) is 29.0 Å². The molecule has 2 aliphatic heterocycles. The minimum absolute atomic E-state index is 0.312. The maximum Gasteiger partial charge on any atom is 0.416 e. The summed E-state index contributed by atoms with van der Waals surface area (Å²) in [6, 6.07) is 5.63. The molecule has 0 aliphatic carbocycles. The molecule has 3 heterocycles. The van der Waals surface area contributed by atoms with E-state index in [1.54, 1.807) is 4.90 Å². The van der Waals surface area contributed by atoms with Crippen LogP contribution in [0.25, 0.3) is 10.9 Å². The Balaban J connectivity index is 1.49. The third kappa shape index (κ3) is 2.79. The van der Waals surface area contributed by atoms with Crippen molar-refractivity contribution in [3.8, 4) is 5.88 Å². The molecular formula is C16H17BrN4O2. The van der Waals surface area contributed by atoms with Crippen molar-refractivity contribution in [2.75, 3.05) is 26.2 Å². The van der Waals surface area contributed by atoms with Crippen LogP contribution >= 0.6 is 15.9 Å². The first-order valence-corrected chi connectivity index (χ1v) is 8.52. The van der Waals surface area contributed by atoms with Crippen LogP contribution in [0.3, 0.4) is 0 Å². The highest BCUT2D eigenvalue weighted by atomic mass is 79.9. The Morgan fingerprint density at radius 3 is 2.74 bits per heavy atom. The van der Waals surface area contributed by atoms with Crippen molar-refractivity contribution in [2.24, 2.45) is 5.41 Å². The van der Waals surface area contributed by atoms with Gasteiger partial charge in [-0.25, -0.2) is 14.8 Å². The highest BCUT2D eigenvalue weighted by Gasteiger charge is 2.40. The van der Waals surface area contributed by atoms with Crippen LogP contribution < -0.4 is 10.1 Å². The molecular weight excluding hydrogens is 360 g/mol. The predicted octanol–water partition coefficient (Wildman–Crippen LogP) is 2.58. The zero-order valence-corrected chi connectivity index (χ0v) is 14.2. The van der Waals surface area contributed by atoms with Gasteiger partial charge in [0.25, 0.3) is 0 Å². The summed E-state index contributed by atoms with van der Waals surface area (Å²) >= 11 is 3.42. The number of carbonyl (C=O) groups excluding carboxylic acids is 1. The number of benzene rings is 1. The monoisotopic (exact) mass is 376 g/mol. The van der Waals surface area contributed by atoms with E-state index in [0.29, 0.717) is 11.3 Å². The number of nitrogens with zero attached hydrogens (tertiary/aromatic N) is 3. The van der Waals surface area contributed by atoms with Gasteiger partial charge in [-0.05, 0) is 36.5 Å². The van der Waals surface area contributed by atoms with Crippen molar-refractivity contribution in [3.05, 3.63) is 29.0 Å². The smallest absolute Gasteiger partial charge is 0.390 e. The van der Waals surface area contributed by atoms with Gasteiger partial charge in [-0.2, -0.15) is 0 Å². The van der Waals surface area contributed by atoms with Gasteiger partial charge in [0.2, 0.25) is 5.88 Å². The number of nitrogens with one attached hydrogen (secondary N) is 1. The molecule has 0 atom stereocenters. The normalized spacial score (nSPS) is 19.6. The van der Waals surface area contributed by atoms with Gasteiger partial charge >= 0.3 is 6.09 Å². The largest absolute Gasteiger partial charge is 0.416 e. The number of aromatic nitrogens is 2. The maximum atomic E-state index is 12.4. The topological polar surface area (TPSA) is 67.3 Å². The molecule has 1 N–H and O–H groups in total. The van der Waals surface area contributed by atoms with Crippen LogP contribution in [0.2, 0.25) is 0 Å². The molecule has 6 nitrogen and oxygen atoms in total. The van der Waals surface area contributed by atoms with E-state index >= 15 is 0 Å². The lowest BCUT2D eigenvalue weighted by Gasteiger charge is -2.47. The lowest BCUT2D eigenvalue weighted by Crippen LogP contribution is -2.59. The number of amides is 1. The summed E-state index contributed by atoms with van der Waals surface area (Å²) in [5.41, 5.74) is 1.16. The van der Waals surface area contributed by atoms with E-state index in [9.17, 15) is 4.79 Å². The van der Waals surface area contributed by atoms with Crippen LogP contribution in [-0.2, 0) is 0 Å². The average molecular weight is 377 g/mol. The molecule has 23 heavy (non-hydrogen) atoms. The number of hydrogen-bond acceptors (Lipinski definition) is 5. The second-order valence-corrected chi connectivity index (χ2v) is 7.21. The van der Waals surface area contributed by atoms with Gasteiger partial charge in [-0.15, -0.1) is 0 Å². The Hall–Kier alpha value is -1.73. The molecule has 1 amide bonds. The Morgan fingerprint density at radius 2 is 2.04 bits per heavy atom. The molecule has 4 rings (SSSR count). The minimum atomic E-state index is -0.327. The van der Waals surface area contributed by atoms with Crippen molar-refractivity contribution in [1.29, 1.82) is 0 Å². The number of carbonyl (C=O) groups is 1. The average Bonchev–Trinajstić information content (AvgIpc) is 2.54. The van der Waals surface area contributed by atoms with Crippen LogP contribution in [-0.4, -0.2) is 47.1 Å². The molecule has 2 aliphatic rings. The van der Waals surface area contributed by atoms with E-state index < -0.39 is 0 Å². The summed E-state index contributed by atoms with van der Waals surface area (Å²) in [6.45, 7) is 3.63. The first kappa shape index (κ1) is 14.8. The van der Waals surface area contributed by atoms with Crippen molar-refractivity contribution in [1.82, 2.24) is 20.2 Å². The number of likely N-dealkylation sites (tertiary alicyclic amines) is 1. The zero-order valence-electron chi connectivity index (χ0n) is 12.6. The lowest BCUT2D eigenvalue weighted by atomic mass is 9.73. The van der Waals surface area contributed by atoms with Gasteiger partial charge in [0.1, 0.15) is 6.33 Å². The van der Waals surface area contributed by atoms with E-state index in [-0.39, 0.29) is 6.09 Å². The highest BCUT2D eigenvalue weighted by Crippen LogP contribution is 2.35. The van der Waals surface area contributed by atoms with Gasteiger partial charge in [-0.1, -0.05) is 15.9 Å². The summed E-state index contributed by atoms with van der Waals surface area (Å²) in [5.74, 6) is 0.312. The molecule has 2 saturated heterocycles. The molecule has 0 bridgehead atoms. The Morgan fingerprint density at radius 1 is 1.26 bits per heavy atom. The van der Waals surface area contributed by atoms with Gasteiger partial charge in [0.15, 0.2) is 0 Å². The van der Waals surface area contributed by atoms with E-state index in [1.165, 1.54) is 6.33 Å². The predicted molar refractivity (Wildman–Crippen MR) is 89.4 cm³/mol. The zero-order chi connectivity index (χ0) is 15.9. The Bertz CT molecular complexity index is 753. The van der Waals surface area contributed by atoms with Crippen molar-refractivity contribution >= 4 is 32.9 Å². The van der Waals surface area contributed by atoms with Gasteiger partial charge < -0.3 is 15.0 Å². The molecule has 2 fully saturated rings. The van der Waals surface area contributed by atoms with E-state index in [0.717, 1.165) is 54.4 Å². The summed E-state index contributed by atoms with van der Waals surface area (Å²) in [5, 5.41) is 4.05. The van der Waals surface area contributed by atoms with Gasteiger partial charge in [0, 0.05) is 30.7 Å². The first-order valence-electron chi connectivity index (χ1n) is 7.73. The standard InChI is InChI=1S/C16H17BrN4O2/c17-11-1-2-13-12(7-11)14(20-10-19-13)23-15(22)21-5-3-16(4-6-21)8-18-9-16/h1-2,7,10,18H,3-6,8-9H2. The third-order valence-electron chi connectivity index (χ3n) is 4.83. The number of rotatable bonds is 1. The fraction of sp³-hybridized carbons (Fsp3) is 0.438. The van der Waals surface area contributed by atoms with Crippen molar-refractivity contribution in [3.63, 3.8) is 0 Å². The summed E-state index contributed by atoms with van der Waals surface area (Å²) in [4.78, 5) is 22.5. The van der Waals surface area contributed by atoms with Gasteiger partial charge in [-0.3, -0.25) is 0 Å². The Labute approximate surface area is 142 Å². The minimum Gasteiger partial charge on any atom is -0.390 e. The number of ether oxygens (including phenoxy) is 1. The molecule has 1 spiro atoms. The quantitative estimate of drug-likeness (QED) is 0.828. The molecule has 2 aromatic rings. The SMILES string of the molecule is O=C(Oc1ncnc2ccc(Br)cc12)N1CCC2(CC1)CNC2. The van der Waals surface area contributed by atoms with Crippen molar-refractivity contribution < 1.29 is 9.53 Å². The number of hydrogen-bond donors (Lipinski definition) is 1. The summed E-state index contributed by atoms with van der Waals surface area (Å²) in [6.07, 6.45) is 3.16. The summed E-state index contributed by atoms with van der Waals surface area (Å²) < 4.78 is 6.44. The number of piperidine rings is 1. The van der Waals surface area contributed by atoms with Crippen LogP contribution in [0.4, 0.5) is 4.79 Å². The molecule has 1 aromatic carbocycles. The van der Waals surface area contributed by atoms with E-state index in [2.05, 4.69) is 31.2 Å². The molecule has 7 heteroatoms. The van der Waals surface area contributed by atoms with Crippen LogP contribution in [0.1, 0.15) is 12.8 Å². The fourth-order valence-corrected chi connectivity index (χ4v) is 3.59. The maximum absolute atomic E-state index is 12.4. The highest BCUT2D eigenvalue weighted by molar-refractivity contribution is 9.10. The third-order valence-corrected chi connectivity index (χ3v) is 5.32. The van der Waals surface area contributed by atoms with Crippen LogP contribution in [0.5, 0.6) is 5.88 Å². The molecule has 120 valence electrons. The molecule has 1 aromatic heterocycles. The van der Waals surface area contributed by atoms with E-state index in [1.807, 2.05) is 18.2 Å². The lowest BCUT2D eigenvalue weighted by molar-refractivity contribution is 0.0566. The fourth-order valence-electron chi connectivity index (χ4n) is 3.23. The number of halogens is 1. The molecule has 0 radical (unpaired) electrons. The second kappa shape index (κ2) is 5.72. The van der Waals surface area contributed by atoms with Crippen LogP contribution in [0, 0.1) is 5.41 Å².